The molecule has 0 saturated carbocycles. The topological polar surface area (TPSA) is 70.7 Å². The van der Waals surface area contributed by atoms with E-state index in [1.54, 1.807) is 31.7 Å². The number of hydrogen-bond donors (Lipinski definition) is 0. The predicted octanol–water partition coefficient (Wildman–Crippen LogP) is 2.89. The minimum Gasteiger partial charge on any atom is -0.493 e. The van der Waals surface area contributed by atoms with Gasteiger partial charge >= 0.3 is 0 Å². The lowest BCUT2D eigenvalue weighted by atomic mass is 9.93. The summed E-state index contributed by atoms with van der Waals surface area (Å²) in [5.74, 6) is 1.22. The number of fused-ring (bicyclic) bond motifs is 3. The van der Waals surface area contributed by atoms with Crippen LogP contribution in [-0.4, -0.2) is 32.4 Å². The van der Waals surface area contributed by atoms with Gasteiger partial charge in [-0.1, -0.05) is 0 Å². The molecule has 1 aromatic carbocycles. The summed E-state index contributed by atoms with van der Waals surface area (Å²) in [6, 6.07) is 8.43. The summed E-state index contributed by atoms with van der Waals surface area (Å²) >= 11 is 0. The Labute approximate surface area is 176 Å². The molecule has 1 atom stereocenters. The molecule has 6 rings (SSSR count). The first-order valence-corrected chi connectivity index (χ1v) is 10.2. The average molecular weight is 418 g/mol. The largest absolute Gasteiger partial charge is 0.493 e. The third kappa shape index (κ3) is 2.74. The first-order valence-electron chi connectivity index (χ1n) is 10.2. The molecule has 2 aliphatic heterocycles. The van der Waals surface area contributed by atoms with Crippen LogP contribution < -0.4 is 15.0 Å². The minimum absolute atomic E-state index is 0.0238. The highest BCUT2D eigenvalue weighted by molar-refractivity contribution is 5.78. The Kier molecular flexibility index (Phi) is 3.89. The predicted molar refractivity (Wildman–Crippen MR) is 111 cm³/mol. The van der Waals surface area contributed by atoms with Gasteiger partial charge in [0.05, 0.1) is 24.8 Å². The molecule has 7 nitrogen and oxygen atoms in total. The van der Waals surface area contributed by atoms with Crippen molar-refractivity contribution in [3.05, 3.63) is 75.8 Å². The lowest BCUT2D eigenvalue weighted by molar-refractivity contribution is 0.246. The standard InChI is InChI=1S/C23H19FN4O3/c1-27-9-13(2-7-21(27)29)16-8-20-18(28-12-25-26-23(16)28)5-3-15-17(24)4-6-19-22(15)14(10-30-19)11-31-20/h2,4,6-9,12,14H,3,5,10-11H2,1H3/t14-/m1/s1. The van der Waals surface area contributed by atoms with E-state index in [1.807, 2.05) is 10.5 Å². The number of pyridine rings is 2. The normalized spacial score (nSPS) is 17.2. The highest BCUT2D eigenvalue weighted by Crippen LogP contribution is 2.41. The fraction of sp³-hybridized carbons (Fsp3) is 0.261. The lowest BCUT2D eigenvalue weighted by Crippen LogP contribution is -2.14. The van der Waals surface area contributed by atoms with Gasteiger partial charge in [0.25, 0.3) is 0 Å². The van der Waals surface area contributed by atoms with Gasteiger partial charge in [-0.2, -0.15) is 0 Å². The molecule has 0 N–H and O–H groups in total. The molecule has 8 heteroatoms. The van der Waals surface area contributed by atoms with Gasteiger partial charge in [-0.05, 0) is 42.7 Å². The van der Waals surface area contributed by atoms with Crippen LogP contribution in [0.15, 0.2) is 47.7 Å². The number of aromatic nitrogens is 4. The number of ether oxygens (including phenoxy) is 2. The van der Waals surface area contributed by atoms with Crippen LogP contribution in [0.3, 0.4) is 0 Å². The highest BCUT2D eigenvalue weighted by atomic mass is 19.1. The Morgan fingerprint density at radius 2 is 1.94 bits per heavy atom. The molecule has 0 bridgehead atoms. The highest BCUT2D eigenvalue weighted by Gasteiger charge is 2.31. The van der Waals surface area contributed by atoms with Crippen molar-refractivity contribution in [1.82, 2.24) is 19.2 Å². The van der Waals surface area contributed by atoms with Crippen LogP contribution in [0.25, 0.3) is 16.8 Å². The monoisotopic (exact) mass is 418 g/mol. The van der Waals surface area contributed by atoms with Crippen molar-refractivity contribution in [2.75, 3.05) is 13.2 Å². The SMILES string of the molecule is Cn1cc(-c2cc3c(n4cnnc24)CCc2c(F)ccc4c2[C@H](CO4)CO3)ccc1=O. The summed E-state index contributed by atoms with van der Waals surface area (Å²) in [7, 11) is 1.71. The maximum absolute atomic E-state index is 14.7. The molecule has 156 valence electrons. The fourth-order valence-electron chi connectivity index (χ4n) is 4.63. The molecule has 0 spiro atoms. The van der Waals surface area contributed by atoms with Crippen molar-refractivity contribution < 1.29 is 13.9 Å². The van der Waals surface area contributed by atoms with E-state index in [1.165, 1.54) is 16.7 Å². The maximum Gasteiger partial charge on any atom is 0.250 e. The Morgan fingerprint density at radius 1 is 1.10 bits per heavy atom. The summed E-state index contributed by atoms with van der Waals surface area (Å²) in [5, 5.41) is 8.42. The lowest BCUT2D eigenvalue weighted by Gasteiger charge is -2.16. The summed E-state index contributed by atoms with van der Waals surface area (Å²) in [4.78, 5) is 11.8. The summed E-state index contributed by atoms with van der Waals surface area (Å²) in [5.41, 5.74) is 4.75. The molecule has 4 aromatic rings. The second-order valence-corrected chi connectivity index (χ2v) is 8.02. The molecule has 0 amide bonds. The van der Waals surface area contributed by atoms with Crippen molar-refractivity contribution in [1.29, 1.82) is 0 Å². The maximum atomic E-state index is 14.7. The number of rotatable bonds is 1. The molecule has 0 unspecified atom stereocenters. The van der Waals surface area contributed by atoms with Gasteiger partial charge in [0, 0.05) is 36.0 Å². The molecule has 3 aromatic heterocycles. The van der Waals surface area contributed by atoms with E-state index in [-0.39, 0.29) is 17.3 Å². The molecule has 0 aliphatic carbocycles. The summed E-state index contributed by atoms with van der Waals surface area (Å²) in [6.45, 7) is 0.862. The minimum atomic E-state index is -0.209. The number of halogens is 1. The smallest absolute Gasteiger partial charge is 0.250 e. The van der Waals surface area contributed by atoms with Crippen LogP contribution in [0.1, 0.15) is 22.7 Å². The van der Waals surface area contributed by atoms with Crippen molar-refractivity contribution in [2.45, 2.75) is 18.8 Å². The molecule has 31 heavy (non-hydrogen) atoms. The Hall–Kier alpha value is -3.68. The number of benzene rings is 1. The van der Waals surface area contributed by atoms with Crippen LogP contribution in [0.4, 0.5) is 4.39 Å². The van der Waals surface area contributed by atoms with Crippen molar-refractivity contribution in [3.63, 3.8) is 0 Å². The van der Waals surface area contributed by atoms with E-state index in [0.29, 0.717) is 43.0 Å². The van der Waals surface area contributed by atoms with E-state index >= 15 is 0 Å². The molecule has 0 saturated heterocycles. The van der Waals surface area contributed by atoms with E-state index in [0.717, 1.165) is 28.1 Å². The molecule has 0 radical (unpaired) electrons. The Bertz CT molecular complexity index is 1410. The Balaban J connectivity index is 1.52. The fourth-order valence-corrected chi connectivity index (χ4v) is 4.63. The average Bonchev–Trinajstić information content (AvgIpc) is 3.41. The van der Waals surface area contributed by atoms with Crippen LogP contribution in [0, 0.1) is 5.82 Å². The number of hydrogen-bond acceptors (Lipinski definition) is 5. The van der Waals surface area contributed by atoms with Crippen LogP contribution in [-0.2, 0) is 19.9 Å². The molecule has 5 heterocycles. The van der Waals surface area contributed by atoms with E-state index in [2.05, 4.69) is 10.2 Å². The number of aryl methyl sites for hydroxylation is 2. The number of nitrogens with zero attached hydrogens (tertiary/aromatic N) is 4. The first kappa shape index (κ1) is 18.1. The van der Waals surface area contributed by atoms with Crippen LogP contribution in [0.5, 0.6) is 11.5 Å². The van der Waals surface area contributed by atoms with Crippen LogP contribution in [0.2, 0.25) is 0 Å². The zero-order valence-corrected chi connectivity index (χ0v) is 16.8. The zero-order valence-electron chi connectivity index (χ0n) is 16.8. The third-order valence-electron chi connectivity index (χ3n) is 6.20. The van der Waals surface area contributed by atoms with Gasteiger partial charge < -0.3 is 14.0 Å². The molecule has 2 aliphatic rings. The van der Waals surface area contributed by atoms with E-state index in [9.17, 15) is 9.18 Å². The Morgan fingerprint density at radius 3 is 2.77 bits per heavy atom. The summed E-state index contributed by atoms with van der Waals surface area (Å²) in [6.07, 6.45) is 4.52. The molecule has 0 fully saturated rings. The quantitative estimate of drug-likeness (QED) is 0.475. The van der Waals surface area contributed by atoms with Gasteiger partial charge in [-0.25, -0.2) is 4.39 Å². The van der Waals surface area contributed by atoms with E-state index in [4.69, 9.17) is 9.47 Å². The van der Waals surface area contributed by atoms with Gasteiger partial charge in [0.15, 0.2) is 5.65 Å². The second kappa shape index (κ2) is 6.66. The third-order valence-corrected chi connectivity index (χ3v) is 6.20. The van der Waals surface area contributed by atoms with Crippen molar-refractivity contribution in [2.24, 2.45) is 7.05 Å². The van der Waals surface area contributed by atoms with Crippen molar-refractivity contribution >= 4 is 5.65 Å². The van der Waals surface area contributed by atoms with Crippen molar-refractivity contribution in [3.8, 4) is 22.6 Å². The van der Waals surface area contributed by atoms with Gasteiger partial charge in [0.1, 0.15) is 23.6 Å². The first-order chi connectivity index (χ1) is 15.1. The molecular formula is C23H19FN4O3. The van der Waals surface area contributed by atoms with E-state index < -0.39 is 0 Å². The molecular weight excluding hydrogens is 399 g/mol. The second-order valence-electron chi connectivity index (χ2n) is 8.02. The van der Waals surface area contributed by atoms with Gasteiger partial charge in [-0.15, -0.1) is 10.2 Å². The van der Waals surface area contributed by atoms with Gasteiger partial charge in [0.2, 0.25) is 5.56 Å². The van der Waals surface area contributed by atoms with Crippen LogP contribution >= 0.6 is 0 Å². The van der Waals surface area contributed by atoms with Gasteiger partial charge in [-0.3, -0.25) is 9.20 Å². The zero-order chi connectivity index (χ0) is 21.1. The summed E-state index contributed by atoms with van der Waals surface area (Å²) < 4.78 is 30.2.